The Morgan fingerprint density at radius 1 is 1.11 bits per heavy atom. The van der Waals surface area contributed by atoms with E-state index in [0.717, 1.165) is 31.6 Å². The van der Waals surface area contributed by atoms with Crippen molar-refractivity contribution in [2.24, 2.45) is 0 Å². The molecule has 0 unspecified atom stereocenters. The molecule has 0 radical (unpaired) electrons. The molecule has 0 aliphatic carbocycles. The fraction of sp³-hybridized carbons (Fsp3) is 0.227. The molecule has 0 bridgehead atoms. The summed E-state index contributed by atoms with van der Waals surface area (Å²) in [5.41, 5.74) is 2.80. The van der Waals surface area contributed by atoms with Crippen LogP contribution in [0.25, 0.3) is 10.9 Å². The van der Waals surface area contributed by atoms with E-state index in [-0.39, 0.29) is 5.82 Å². The fourth-order valence-electron chi connectivity index (χ4n) is 3.48. The van der Waals surface area contributed by atoms with Crippen LogP contribution in [-0.4, -0.2) is 20.7 Å². The van der Waals surface area contributed by atoms with E-state index in [1.165, 1.54) is 17.0 Å². The molecule has 1 N–H and O–H groups in total. The van der Waals surface area contributed by atoms with Crippen molar-refractivity contribution >= 4 is 22.5 Å². The zero-order valence-corrected chi connectivity index (χ0v) is 16.2. The van der Waals surface area contributed by atoms with Gasteiger partial charge in [-0.1, -0.05) is 35.9 Å². The highest BCUT2D eigenvalue weighted by Crippen LogP contribution is 2.25. The van der Waals surface area contributed by atoms with E-state index in [0.29, 0.717) is 17.1 Å². The highest BCUT2D eigenvalue weighted by Gasteiger charge is 2.12. The predicted octanol–water partition coefficient (Wildman–Crippen LogP) is 4.86. The van der Waals surface area contributed by atoms with Gasteiger partial charge in [0.1, 0.15) is 5.82 Å². The minimum absolute atomic E-state index is 0.274. The van der Waals surface area contributed by atoms with Crippen LogP contribution in [0.3, 0.4) is 0 Å². The third-order valence-corrected chi connectivity index (χ3v) is 5.26. The van der Waals surface area contributed by atoms with Gasteiger partial charge in [-0.15, -0.1) is 0 Å². The van der Waals surface area contributed by atoms with Crippen LogP contribution in [0.2, 0.25) is 5.02 Å². The molecule has 0 saturated heterocycles. The summed E-state index contributed by atoms with van der Waals surface area (Å²) < 4.78 is 18.4. The summed E-state index contributed by atoms with van der Waals surface area (Å²) in [5, 5.41) is 5.14. The number of fused-ring (bicyclic) bond motifs is 1. The first-order valence-electron chi connectivity index (χ1n) is 9.38. The quantitative estimate of drug-likeness (QED) is 0.432. The maximum atomic E-state index is 14.2. The van der Waals surface area contributed by atoms with Crippen LogP contribution in [0.4, 0.5) is 4.39 Å². The van der Waals surface area contributed by atoms with Gasteiger partial charge in [0.25, 0.3) is 0 Å². The average Bonchev–Trinajstić information content (AvgIpc) is 3.33. The Hall–Kier alpha value is -2.63. The van der Waals surface area contributed by atoms with E-state index in [1.54, 1.807) is 18.3 Å². The molecular formula is C22H22ClFN4. The van der Waals surface area contributed by atoms with E-state index in [9.17, 15) is 4.39 Å². The number of nitrogens with zero attached hydrogens (tertiary/aromatic N) is 3. The maximum absolute atomic E-state index is 14.2. The molecule has 4 rings (SSSR count). The number of rotatable bonds is 8. The zero-order valence-electron chi connectivity index (χ0n) is 15.5. The van der Waals surface area contributed by atoms with Gasteiger partial charge in [0, 0.05) is 53.2 Å². The highest BCUT2D eigenvalue weighted by molar-refractivity contribution is 6.31. The van der Waals surface area contributed by atoms with E-state index in [2.05, 4.69) is 37.8 Å². The summed E-state index contributed by atoms with van der Waals surface area (Å²) in [6.45, 7) is 3.03. The Labute approximate surface area is 168 Å². The topological polar surface area (TPSA) is 34.8 Å². The number of aryl methyl sites for hydroxylation is 1. The third kappa shape index (κ3) is 4.11. The Morgan fingerprint density at radius 3 is 2.82 bits per heavy atom. The van der Waals surface area contributed by atoms with Gasteiger partial charge in [0.05, 0.1) is 12.9 Å². The molecule has 144 valence electrons. The molecule has 2 heterocycles. The maximum Gasteiger partial charge on any atom is 0.129 e. The highest BCUT2D eigenvalue weighted by atomic mass is 35.5. The summed E-state index contributed by atoms with van der Waals surface area (Å²) in [7, 11) is 0. The summed E-state index contributed by atoms with van der Waals surface area (Å²) >= 11 is 6.23. The first kappa shape index (κ1) is 18.7. The number of hydrogen-bond acceptors (Lipinski definition) is 2. The summed E-state index contributed by atoms with van der Waals surface area (Å²) in [6, 6.07) is 13.0. The predicted molar refractivity (Wildman–Crippen MR) is 111 cm³/mol. The van der Waals surface area contributed by atoms with Crippen molar-refractivity contribution in [3.63, 3.8) is 0 Å². The third-order valence-electron chi connectivity index (χ3n) is 4.91. The lowest BCUT2D eigenvalue weighted by atomic mass is 10.2. The molecule has 0 aliphatic rings. The number of aromatic nitrogens is 3. The molecule has 0 amide bonds. The minimum Gasteiger partial charge on any atom is -0.343 e. The molecule has 0 saturated carbocycles. The van der Waals surface area contributed by atoms with Gasteiger partial charge in [0.2, 0.25) is 0 Å². The lowest BCUT2D eigenvalue weighted by molar-refractivity contribution is 0.580. The van der Waals surface area contributed by atoms with Gasteiger partial charge in [-0.2, -0.15) is 0 Å². The van der Waals surface area contributed by atoms with E-state index in [1.807, 2.05) is 24.7 Å². The Balaban J connectivity index is 1.47. The van der Waals surface area contributed by atoms with Crippen molar-refractivity contribution < 1.29 is 4.39 Å². The van der Waals surface area contributed by atoms with Crippen molar-refractivity contribution in [2.75, 3.05) is 6.54 Å². The standard InChI is InChI=1S/C22H22ClFN4/c23-20-6-3-7-21(24)19(20)15-28-14-17(18-5-1-2-8-22(18)28)13-25-9-4-11-27-12-10-26-16-27/h1-3,5-8,10,12,14,16,25H,4,9,11,13,15H2. The number of imidazole rings is 1. The lowest BCUT2D eigenvalue weighted by Crippen LogP contribution is -2.16. The first-order valence-corrected chi connectivity index (χ1v) is 9.76. The van der Waals surface area contributed by atoms with Gasteiger partial charge < -0.3 is 14.5 Å². The Bertz CT molecular complexity index is 1040. The lowest BCUT2D eigenvalue weighted by Gasteiger charge is -2.08. The first-order chi connectivity index (χ1) is 13.7. The van der Waals surface area contributed by atoms with Gasteiger partial charge in [-0.3, -0.25) is 0 Å². The van der Waals surface area contributed by atoms with Crippen LogP contribution in [0.1, 0.15) is 17.5 Å². The van der Waals surface area contributed by atoms with Crippen LogP contribution >= 0.6 is 11.6 Å². The van der Waals surface area contributed by atoms with Crippen molar-refractivity contribution in [3.05, 3.63) is 89.3 Å². The smallest absolute Gasteiger partial charge is 0.129 e. The molecule has 6 heteroatoms. The average molecular weight is 397 g/mol. The summed E-state index contributed by atoms with van der Waals surface area (Å²) in [4.78, 5) is 4.06. The van der Waals surface area contributed by atoms with Crippen LogP contribution in [0.5, 0.6) is 0 Å². The summed E-state index contributed by atoms with van der Waals surface area (Å²) in [6.07, 6.45) is 8.73. The number of benzene rings is 2. The number of para-hydroxylation sites is 1. The Morgan fingerprint density at radius 2 is 2.00 bits per heavy atom. The van der Waals surface area contributed by atoms with Crippen LogP contribution in [-0.2, 0) is 19.6 Å². The van der Waals surface area contributed by atoms with Crippen LogP contribution in [0.15, 0.2) is 67.4 Å². The zero-order chi connectivity index (χ0) is 19.3. The van der Waals surface area contributed by atoms with Gasteiger partial charge >= 0.3 is 0 Å². The molecule has 2 aromatic heterocycles. The molecular weight excluding hydrogens is 375 g/mol. The molecule has 2 aromatic carbocycles. The monoisotopic (exact) mass is 396 g/mol. The van der Waals surface area contributed by atoms with E-state index < -0.39 is 0 Å². The van der Waals surface area contributed by atoms with Gasteiger partial charge in [-0.25, -0.2) is 9.37 Å². The van der Waals surface area contributed by atoms with Crippen molar-refractivity contribution in [2.45, 2.75) is 26.1 Å². The molecule has 4 nitrogen and oxygen atoms in total. The Kier molecular flexibility index (Phi) is 5.74. The van der Waals surface area contributed by atoms with E-state index in [4.69, 9.17) is 11.6 Å². The number of halogens is 2. The number of hydrogen-bond donors (Lipinski definition) is 1. The molecule has 0 atom stereocenters. The van der Waals surface area contributed by atoms with E-state index >= 15 is 0 Å². The largest absolute Gasteiger partial charge is 0.343 e. The van der Waals surface area contributed by atoms with Crippen LogP contribution < -0.4 is 5.32 Å². The normalized spacial score (nSPS) is 11.4. The van der Waals surface area contributed by atoms with Crippen LogP contribution in [0, 0.1) is 5.82 Å². The van der Waals surface area contributed by atoms with Crippen molar-refractivity contribution in [3.8, 4) is 0 Å². The molecule has 0 aliphatic heterocycles. The summed E-state index contributed by atoms with van der Waals surface area (Å²) in [5.74, 6) is -0.274. The van der Waals surface area contributed by atoms with Gasteiger partial charge in [0.15, 0.2) is 0 Å². The minimum atomic E-state index is -0.274. The second kappa shape index (κ2) is 8.59. The molecule has 28 heavy (non-hydrogen) atoms. The molecule has 0 spiro atoms. The van der Waals surface area contributed by atoms with Gasteiger partial charge in [-0.05, 0) is 36.7 Å². The van der Waals surface area contributed by atoms with Crippen molar-refractivity contribution in [1.82, 2.24) is 19.4 Å². The molecule has 4 aromatic rings. The SMILES string of the molecule is Fc1cccc(Cl)c1Cn1cc(CNCCCn2ccnc2)c2ccccc21. The molecule has 0 fully saturated rings. The number of nitrogens with one attached hydrogen (secondary N) is 1. The fourth-order valence-corrected chi connectivity index (χ4v) is 3.70. The second-order valence-corrected chi connectivity index (χ2v) is 7.24. The second-order valence-electron chi connectivity index (χ2n) is 6.83. The van der Waals surface area contributed by atoms with Crippen molar-refractivity contribution in [1.29, 1.82) is 0 Å².